The van der Waals surface area contributed by atoms with Gasteiger partial charge in [0.15, 0.2) is 5.65 Å². The first-order valence-corrected chi connectivity index (χ1v) is 12.7. The Kier molecular flexibility index (Phi) is 6.20. The molecule has 1 aliphatic carbocycles. The van der Waals surface area contributed by atoms with E-state index in [4.69, 9.17) is 10.8 Å². The van der Waals surface area contributed by atoms with Crippen molar-refractivity contribution in [1.82, 2.24) is 34.5 Å². The highest BCUT2D eigenvalue weighted by atomic mass is 19.4. The zero-order chi connectivity index (χ0) is 28.0. The number of alkyl halides is 3. The number of nitrogens with two attached hydrogens (primary N) is 1. The van der Waals surface area contributed by atoms with E-state index in [0.717, 1.165) is 49.7 Å². The lowest BCUT2D eigenvalue weighted by atomic mass is 9.93. The fourth-order valence-electron chi connectivity index (χ4n) is 5.18. The van der Waals surface area contributed by atoms with E-state index in [1.54, 1.807) is 24.3 Å². The predicted octanol–water partition coefficient (Wildman–Crippen LogP) is 4.88. The molecule has 1 amide bonds. The maximum Gasteiger partial charge on any atom is 0.416 e. The van der Waals surface area contributed by atoms with Crippen LogP contribution in [0, 0.1) is 0 Å². The number of hydrogen-bond acceptors (Lipinski definition) is 7. The average Bonchev–Trinajstić information content (AvgIpc) is 3.55. The molecule has 5 aromatic rings. The number of nitrogen functional groups attached to an aromatic ring is 1. The minimum Gasteiger partial charge on any atom is -0.383 e. The summed E-state index contributed by atoms with van der Waals surface area (Å²) in [7, 11) is 0. The van der Waals surface area contributed by atoms with Crippen LogP contribution >= 0.6 is 0 Å². The topological polar surface area (TPSA) is 129 Å². The molecule has 0 unspecified atom stereocenters. The van der Waals surface area contributed by atoms with Crippen LogP contribution in [-0.2, 0) is 19.1 Å². The number of benzene rings is 1. The smallest absolute Gasteiger partial charge is 0.383 e. The Morgan fingerprint density at radius 2 is 1.95 bits per heavy atom. The third kappa shape index (κ3) is 4.42. The van der Waals surface area contributed by atoms with E-state index >= 15 is 0 Å². The molecule has 0 aliphatic heterocycles. The minimum atomic E-state index is -4.54. The molecule has 13 heteroatoms. The van der Waals surface area contributed by atoms with Gasteiger partial charge in [-0.15, -0.1) is 0 Å². The molecule has 0 saturated carbocycles. The van der Waals surface area contributed by atoms with Crippen LogP contribution in [-0.4, -0.2) is 40.4 Å². The van der Waals surface area contributed by atoms with Gasteiger partial charge in [-0.1, -0.05) is 12.1 Å². The Bertz CT molecular complexity index is 1720. The normalized spacial score (nSPS) is 15.2. The van der Waals surface area contributed by atoms with Crippen LogP contribution in [0.4, 0.5) is 24.8 Å². The van der Waals surface area contributed by atoms with Gasteiger partial charge in [-0.05, 0) is 50.5 Å². The SMILES string of the molecule is CCn1ncc2c1CCC[C@@H]2n1nc(-c2ccc(C(=O)Nc3cc(C(F)(F)F)ccn3)cc2)c2c(N)ncnc21. The fourth-order valence-corrected chi connectivity index (χ4v) is 5.18. The number of aryl methyl sites for hydroxylation is 1. The van der Waals surface area contributed by atoms with Crippen molar-refractivity contribution < 1.29 is 18.0 Å². The van der Waals surface area contributed by atoms with E-state index < -0.39 is 17.6 Å². The van der Waals surface area contributed by atoms with Gasteiger partial charge in [0.1, 0.15) is 23.7 Å². The van der Waals surface area contributed by atoms with Crippen LogP contribution in [0.1, 0.15) is 53.0 Å². The predicted molar refractivity (Wildman–Crippen MR) is 141 cm³/mol. The number of carbonyl (C=O) groups is 1. The van der Waals surface area contributed by atoms with Gasteiger partial charge in [-0.2, -0.15) is 23.4 Å². The van der Waals surface area contributed by atoms with Crippen LogP contribution in [0.15, 0.2) is 55.1 Å². The second-order valence-electron chi connectivity index (χ2n) is 9.48. The van der Waals surface area contributed by atoms with Gasteiger partial charge in [0.2, 0.25) is 0 Å². The number of fused-ring (bicyclic) bond motifs is 2. The maximum absolute atomic E-state index is 13.0. The van der Waals surface area contributed by atoms with E-state index in [1.165, 1.54) is 12.0 Å². The summed E-state index contributed by atoms with van der Waals surface area (Å²) >= 11 is 0. The Balaban J connectivity index is 1.33. The van der Waals surface area contributed by atoms with Crippen molar-refractivity contribution in [2.75, 3.05) is 11.1 Å². The van der Waals surface area contributed by atoms with Crippen molar-refractivity contribution in [3.05, 3.63) is 77.5 Å². The van der Waals surface area contributed by atoms with Crippen LogP contribution in [0.3, 0.4) is 0 Å². The number of anilines is 2. The molecule has 40 heavy (non-hydrogen) atoms. The van der Waals surface area contributed by atoms with Gasteiger partial charge in [0.05, 0.1) is 23.2 Å². The van der Waals surface area contributed by atoms with Gasteiger partial charge >= 0.3 is 6.18 Å². The first-order chi connectivity index (χ1) is 19.2. The van der Waals surface area contributed by atoms with Crippen molar-refractivity contribution in [1.29, 1.82) is 0 Å². The summed E-state index contributed by atoms with van der Waals surface area (Å²) in [6.45, 7) is 2.85. The second kappa shape index (κ2) is 9.74. The first-order valence-electron chi connectivity index (χ1n) is 12.7. The number of hydrogen-bond donors (Lipinski definition) is 2. The largest absolute Gasteiger partial charge is 0.416 e. The van der Waals surface area contributed by atoms with E-state index in [0.29, 0.717) is 22.3 Å². The van der Waals surface area contributed by atoms with E-state index in [9.17, 15) is 18.0 Å². The molecule has 204 valence electrons. The summed E-state index contributed by atoms with van der Waals surface area (Å²) in [5, 5.41) is 12.5. The number of halogens is 3. The van der Waals surface area contributed by atoms with E-state index in [1.807, 2.05) is 15.6 Å². The van der Waals surface area contributed by atoms with Crippen molar-refractivity contribution in [2.45, 2.75) is 44.9 Å². The van der Waals surface area contributed by atoms with Crippen molar-refractivity contribution in [3.63, 3.8) is 0 Å². The standard InChI is InChI=1S/C27H24F3N9O/c1-2-38-19-4-3-5-20(18(19)13-35-38)39-25-22(24(31)33-14-34-25)23(37-39)15-6-8-16(9-7-15)26(40)36-21-12-17(10-11-32-21)27(28,29)30/h6-14,20H,2-5H2,1H3,(H2,31,33,34)(H,32,36,40)/t20-/m0/s1. The molecule has 1 aliphatic rings. The third-order valence-electron chi connectivity index (χ3n) is 7.09. The van der Waals surface area contributed by atoms with Crippen LogP contribution in [0.2, 0.25) is 0 Å². The summed E-state index contributed by atoms with van der Waals surface area (Å²) in [6.07, 6.45) is 2.55. The molecule has 3 N–H and O–H groups in total. The van der Waals surface area contributed by atoms with Crippen molar-refractivity contribution >= 4 is 28.6 Å². The molecule has 0 bridgehead atoms. The molecule has 0 saturated heterocycles. The zero-order valence-electron chi connectivity index (χ0n) is 21.4. The van der Waals surface area contributed by atoms with Gasteiger partial charge in [-0.25, -0.2) is 19.6 Å². The number of rotatable bonds is 5. The molecule has 0 spiro atoms. The quantitative estimate of drug-likeness (QED) is 0.321. The van der Waals surface area contributed by atoms with Crippen molar-refractivity contribution in [3.8, 4) is 11.3 Å². The lowest BCUT2D eigenvalue weighted by Gasteiger charge is -2.23. The Morgan fingerprint density at radius 1 is 1.15 bits per heavy atom. The summed E-state index contributed by atoms with van der Waals surface area (Å²) in [5.41, 5.74) is 9.77. The third-order valence-corrected chi connectivity index (χ3v) is 7.09. The fraction of sp³-hybridized carbons (Fsp3) is 0.259. The second-order valence-corrected chi connectivity index (χ2v) is 9.48. The zero-order valence-corrected chi connectivity index (χ0v) is 21.4. The lowest BCUT2D eigenvalue weighted by Crippen LogP contribution is -2.19. The Hall–Kier alpha value is -4.81. The average molecular weight is 548 g/mol. The Labute approximate surface area is 226 Å². The molecule has 1 aromatic carbocycles. The highest BCUT2D eigenvalue weighted by Crippen LogP contribution is 2.38. The first kappa shape index (κ1) is 25.5. The molecular weight excluding hydrogens is 523 g/mol. The molecule has 4 heterocycles. The summed E-state index contributed by atoms with van der Waals surface area (Å²) in [6, 6.07) is 8.09. The monoisotopic (exact) mass is 547 g/mol. The van der Waals surface area contributed by atoms with Crippen LogP contribution < -0.4 is 11.1 Å². The van der Waals surface area contributed by atoms with Gasteiger partial charge in [-0.3, -0.25) is 9.48 Å². The molecular formula is C27H24F3N9O. The van der Waals surface area contributed by atoms with E-state index in [-0.39, 0.29) is 23.2 Å². The number of aromatic nitrogens is 7. The highest BCUT2D eigenvalue weighted by molar-refractivity contribution is 6.04. The number of carbonyl (C=O) groups excluding carboxylic acids is 1. The molecule has 10 nitrogen and oxygen atoms in total. The van der Waals surface area contributed by atoms with Gasteiger partial charge in [0.25, 0.3) is 5.91 Å². The van der Waals surface area contributed by atoms with Crippen LogP contribution in [0.25, 0.3) is 22.3 Å². The number of nitrogens with one attached hydrogen (secondary N) is 1. The Morgan fingerprint density at radius 3 is 2.70 bits per heavy atom. The highest BCUT2D eigenvalue weighted by Gasteiger charge is 2.31. The number of amides is 1. The lowest BCUT2D eigenvalue weighted by molar-refractivity contribution is -0.137. The summed E-state index contributed by atoms with van der Waals surface area (Å²) in [4.78, 5) is 25.3. The molecule has 1 atom stereocenters. The molecule has 4 aromatic heterocycles. The minimum absolute atomic E-state index is 0.0698. The molecule has 0 fully saturated rings. The summed E-state index contributed by atoms with van der Waals surface area (Å²) < 4.78 is 42.9. The molecule has 0 radical (unpaired) electrons. The summed E-state index contributed by atoms with van der Waals surface area (Å²) in [5.74, 6) is -0.514. The van der Waals surface area contributed by atoms with Crippen molar-refractivity contribution in [2.24, 2.45) is 0 Å². The van der Waals surface area contributed by atoms with Gasteiger partial charge in [0, 0.05) is 35.1 Å². The number of nitrogens with zero attached hydrogens (tertiary/aromatic N) is 7. The van der Waals surface area contributed by atoms with Crippen LogP contribution in [0.5, 0.6) is 0 Å². The number of pyridine rings is 1. The van der Waals surface area contributed by atoms with E-state index in [2.05, 4.69) is 32.3 Å². The van der Waals surface area contributed by atoms with Gasteiger partial charge < -0.3 is 11.1 Å². The maximum atomic E-state index is 13.0. The molecule has 6 rings (SSSR count).